The Hall–Kier alpha value is -1.20. The van der Waals surface area contributed by atoms with Gasteiger partial charge in [0.2, 0.25) is 5.95 Å². The molecule has 0 radical (unpaired) electrons. The lowest BCUT2D eigenvalue weighted by molar-refractivity contribution is 0.241. The van der Waals surface area contributed by atoms with E-state index in [0.29, 0.717) is 10.8 Å². The second-order valence-corrected chi connectivity index (χ2v) is 7.26. The van der Waals surface area contributed by atoms with Crippen molar-refractivity contribution in [1.82, 2.24) is 19.8 Å². The van der Waals surface area contributed by atoms with Crippen molar-refractivity contribution in [3.8, 4) is 0 Å². The van der Waals surface area contributed by atoms with Gasteiger partial charge in [-0.15, -0.1) is 0 Å². The van der Waals surface area contributed by atoms with Gasteiger partial charge in [-0.2, -0.15) is 0 Å². The van der Waals surface area contributed by atoms with Gasteiger partial charge in [0.05, 0.1) is 0 Å². The van der Waals surface area contributed by atoms with E-state index in [2.05, 4.69) is 38.8 Å². The molecule has 0 atom stereocenters. The molecule has 5 heteroatoms. The van der Waals surface area contributed by atoms with Crippen LogP contribution in [0.1, 0.15) is 5.69 Å². The Balaban J connectivity index is 1.68. The molecule has 3 saturated heterocycles. The van der Waals surface area contributed by atoms with Gasteiger partial charge in [-0.05, 0) is 27.1 Å². The molecule has 3 aliphatic heterocycles. The predicted molar refractivity (Wildman–Crippen MR) is 78.8 cm³/mol. The molecule has 0 aromatic carbocycles. The van der Waals surface area contributed by atoms with Crippen LogP contribution in [0.3, 0.4) is 0 Å². The van der Waals surface area contributed by atoms with Gasteiger partial charge >= 0.3 is 0 Å². The Morgan fingerprint density at radius 1 is 0.950 bits per heavy atom. The topological polar surface area (TPSA) is 35.5 Å². The summed E-state index contributed by atoms with van der Waals surface area (Å²) >= 11 is 0. The third kappa shape index (κ3) is 1.56. The summed E-state index contributed by atoms with van der Waals surface area (Å²) in [5.41, 5.74) is 1.87. The Morgan fingerprint density at radius 3 is 2.00 bits per heavy atom. The van der Waals surface area contributed by atoms with Crippen molar-refractivity contribution in [2.75, 3.05) is 58.3 Å². The van der Waals surface area contributed by atoms with Crippen LogP contribution in [0, 0.1) is 17.8 Å². The van der Waals surface area contributed by atoms with Crippen LogP contribution < -0.4 is 4.90 Å². The fourth-order valence-corrected chi connectivity index (χ4v) is 5.00. The molecule has 0 bridgehead atoms. The van der Waals surface area contributed by atoms with Crippen LogP contribution in [-0.2, 0) is 0 Å². The first kappa shape index (κ1) is 12.5. The van der Waals surface area contributed by atoms with Crippen LogP contribution in [0.2, 0.25) is 0 Å². The van der Waals surface area contributed by atoms with Gasteiger partial charge in [-0.1, -0.05) is 0 Å². The van der Waals surface area contributed by atoms with Crippen LogP contribution in [0.25, 0.3) is 0 Å². The molecule has 3 aliphatic rings. The van der Waals surface area contributed by atoms with E-state index >= 15 is 0 Å². The first-order valence-corrected chi connectivity index (χ1v) is 7.44. The standard InChI is InChI=1S/C15H23N5/c1-12-4-5-16-13(17-12)20-10-14-6-18(2)7-15(14,11-20)9-19(3)8-14/h4-5H,6-11H2,1-3H3. The van der Waals surface area contributed by atoms with Crippen LogP contribution >= 0.6 is 0 Å². The minimum Gasteiger partial charge on any atom is -0.339 e. The van der Waals surface area contributed by atoms with Gasteiger partial charge < -0.3 is 14.7 Å². The number of aromatic nitrogens is 2. The van der Waals surface area contributed by atoms with E-state index in [1.165, 1.54) is 26.2 Å². The highest BCUT2D eigenvalue weighted by atomic mass is 15.4. The molecular weight excluding hydrogens is 250 g/mol. The van der Waals surface area contributed by atoms with Crippen molar-refractivity contribution >= 4 is 5.95 Å². The maximum Gasteiger partial charge on any atom is 0.225 e. The lowest BCUT2D eigenvalue weighted by Crippen LogP contribution is -2.38. The number of anilines is 1. The van der Waals surface area contributed by atoms with E-state index in [9.17, 15) is 0 Å². The summed E-state index contributed by atoms with van der Waals surface area (Å²) in [7, 11) is 4.53. The fourth-order valence-electron chi connectivity index (χ4n) is 5.00. The molecule has 20 heavy (non-hydrogen) atoms. The van der Waals surface area contributed by atoms with Crippen molar-refractivity contribution < 1.29 is 0 Å². The molecule has 0 N–H and O–H groups in total. The second-order valence-electron chi connectivity index (χ2n) is 7.26. The zero-order valence-corrected chi connectivity index (χ0v) is 12.6. The minimum absolute atomic E-state index is 0.406. The predicted octanol–water partition coefficient (Wildman–Crippen LogP) is 0.469. The monoisotopic (exact) mass is 273 g/mol. The molecule has 0 spiro atoms. The first-order valence-electron chi connectivity index (χ1n) is 7.44. The molecule has 4 heterocycles. The highest BCUT2D eigenvalue weighted by Gasteiger charge is 2.66. The molecule has 1 aromatic rings. The smallest absolute Gasteiger partial charge is 0.225 e. The molecule has 4 rings (SSSR count). The Kier molecular flexibility index (Phi) is 2.46. The van der Waals surface area contributed by atoms with E-state index in [1.807, 2.05) is 19.2 Å². The number of likely N-dealkylation sites (tertiary alicyclic amines) is 2. The van der Waals surface area contributed by atoms with E-state index in [1.54, 1.807) is 0 Å². The van der Waals surface area contributed by atoms with E-state index in [4.69, 9.17) is 0 Å². The van der Waals surface area contributed by atoms with Crippen LogP contribution in [-0.4, -0.2) is 73.1 Å². The lowest BCUT2D eigenvalue weighted by atomic mass is 9.71. The number of rotatable bonds is 1. The van der Waals surface area contributed by atoms with E-state index in [-0.39, 0.29) is 0 Å². The van der Waals surface area contributed by atoms with Crippen molar-refractivity contribution in [3.63, 3.8) is 0 Å². The molecule has 5 nitrogen and oxygen atoms in total. The third-order valence-corrected chi connectivity index (χ3v) is 5.47. The first-order chi connectivity index (χ1) is 9.52. The molecule has 0 aliphatic carbocycles. The summed E-state index contributed by atoms with van der Waals surface area (Å²) in [5.74, 6) is 0.922. The van der Waals surface area contributed by atoms with Gasteiger partial charge in [0, 0.05) is 62.0 Å². The van der Waals surface area contributed by atoms with Crippen LogP contribution in [0.4, 0.5) is 5.95 Å². The van der Waals surface area contributed by atoms with Gasteiger partial charge in [0.15, 0.2) is 0 Å². The van der Waals surface area contributed by atoms with Crippen molar-refractivity contribution in [2.24, 2.45) is 10.8 Å². The summed E-state index contributed by atoms with van der Waals surface area (Å²) in [6, 6.07) is 1.97. The zero-order chi connectivity index (χ0) is 14.0. The average molecular weight is 273 g/mol. The normalized spacial score (nSPS) is 37.5. The highest BCUT2D eigenvalue weighted by Crippen LogP contribution is 2.56. The summed E-state index contributed by atoms with van der Waals surface area (Å²) in [6.07, 6.45) is 1.88. The molecule has 108 valence electrons. The lowest BCUT2D eigenvalue weighted by Gasteiger charge is -2.28. The van der Waals surface area contributed by atoms with Crippen molar-refractivity contribution in [3.05, 3.63) is 18.0 Å². The summed E-state index contributed by atoms with van der Waals surface area (Å²) < 4.78 is 0. The molecule has 0 unspecified atom stereocenters. The number of hydrogen-bond acceptors (Lipinski definition) is 5. The minimum atomic E-state index is 0.406. The number of hydrogen-bond donors (Lipinski definition) is 0. The SMILES string of the molecule is Cc1ccnc(N2CC34CN(C)CC3(CN(C)C4)C2)n1. The molecule has 0 saturated carbocycles. The largest absolute Gasteiger partial charge is 0.339 e. The number of nitrogens with zero attached hydrogens (tertiary/aromatic N) is 5. The zero-order valence-electron chi connectivity index (χ0n) is 12.6. The van der Waals surface area contributed by atoms with Gasteiger partial charge in [0.1, 0.15) is 0 Å². The second kappa shape index (κ2) is 3.92. The van der Waals surface area contributed by atoms with E-state index < -0.39 is 0 Å². The van der Waals surface area contributed by atoms with Gasteiger partial charge in [0.25, 0.3) is 0 Å². The van der Waals surface area contributed by atoms with Crippen molar-refractivity contribution in [2.45, 2.75) is 6.92 Å². The summed E-state index contributed by atoms with van der Waals surface area (Å²) in [4.78, 5) is 16.6. The summed E-state index contributed by atoms with van der Waals surface area (Å²) in [5, 5.41) is 0. The Morgan fingerprint density at radius 2 is 1.50 bits per heavy atom. The molecule has 0 amide bonds. The highest BCUT2D eigenvalue weighted by molar-refractivity contribution is 5.39. The third-order valence-electron chi connectivity index (χ3n) is 5.47. The van der Waals surface area contributed by atoms with Crippen molar-refractivity contribution in [1.29, 1.82) is 0 Å². The Labute approximate surface area is 120 Å². The maximum atomic E-state index is 4.63. The maximum absolute atomic E-state index is 4.63. The van der Waals surface area contributed by atoms with Crippen LogP contribution in [0.5, 0.6) is 0 Å². The molecule has 3 fully saturated rings. The quantitative estimate of drug-likeness (QED) is 0.743. The fraction of sp³-hybridized carbons (Fsp3) is 0.733. The summed E-state index contributed by atoms with van der Waals surface area (Å²) in [6.45, 7) is 9.08. The van der Waals surface area contributed by atoms with Gasteiger partial charge in [-0.25, -0.2) is 9.97 Å². The number of aryl methyl sites for hydroxylation is 1. The average Bonchev–Trinajstić information content (AvgIpc) is 2.83. The van der Waals surface area contributed by atoms with Crippen LogP contribution in [0.15, 0.2) is 12.3 Å². The Bertz CT molecular complexity index is 505. The molecular formula is C15H23N5. The van der Waals surface area contributed by atoms with E-state index in [0.717, 1.165) is 24.7 Å². The molecule has 1 aromatic heterocycles. The van der Waals surface area contributed by atoms with Gasteiger partial charge in [-0.3, -0.25) is 0 Å².